The number of ether oxygens (including phenoxy) is 1. The second-order valence-corrected chi connectivity index (χ2v) is 11.4. The summed E-state index contributed by atoms with van der Waals surface area (Å²) in [5.74, 6) is -2.37. The zero-order chi connectivity index (χ0) is 27.7. The van der Waals surface area contributed by atoms with Crippen LogP contribution in [0.2, 0.25) is 0 Å². The third kappa shape index (κ3) is 4.92. The average molecular weight is 551 g/mol. The van der Waals surface area contributed by atoms with E-state index in [1.807, 2.05) is 0 Å². The molecule has 3 aromatic rings. The van der Waals surface area contributed by atoms with Gasteiger partial charge in [0.05, 0.1) is 40.1 Å². The van der Waals surface area contributed by atoms with Crippen molar-refractivity contribution in [3.8, 4) is 0 Å². The molecule has 0 radical (unpaired) electrons. The lowest BCUT2D eigenvalue weighted by molar-refractivity contribution is -0.149. The van der Waals surface area contributed by atoms with Crippen molar-refractivity contribution >= 4 is 33.3 Å². The van der Waals surface area contributed by atoms with E-state index in [2.05, 4.69) is 0 Å². The highest BCUT2D eigenvalue weighted by Gasteiger charge is 2.37. The number of hydrogen-bond acceptors (Lipinski definition) is 6. The van der Waals surface area contributed by atoms with Crippen LogP contribution in [0.25, 0.3) is 0 Å². The molecule has 0 N–H and O–H groups in total. The van der Waals surface area contributed by atoms with E-state index < -0.39 is 33.4 Å². The van der Waals surface area contributed by atoms with Crippen molar-refractivity contribution in [2.75, 3.05) is 24.6 Å². The van der Waals surface area contributed by atoms with Gasteiger partial charge in [-0.3, -0.25) is 14.4 Å². The largest absolute Gasteiger partial charge is 0.466 e. The molecule has 1 atom stereocenters. The molecule has 0 spiro atoms. The summed E-state index contributed by atoms with van der Waals surface area (Å²) in [6, 6.07) is 15.9. The Labute approximate surface area is 225 Å². The number of nitrogens with zero attached hydrogens (tertiary/aromatic N) is 2. The Hall–Kier alpha value is -4.05. The van der Waals surface area contributed by atoms with Crippen molar-refractivity contribution in [2.24, 2.45) is 5.92 Å². The lowest BCUT2D eigenvalue weighted by Gasteiger charge is -2.32. The fourth-order valence-electron chi connectivity index (χ4n) is 5.09. The third-order valence-corrected chi connectivity index (χ3v) is 8.91. The molecule has 1 fully saturated rings. The molecule has 0 aromatic heterocycles. The van der Waals surface area contributed by atoms with Crippen LogP contribution in [0, 0.1) is 11.7 Å². The van der Waals surface area contributed by atoms with Gasteiger partial charge in [0.25, 0.3) is 11.8 Å². The number of benzene rings is 3. The number of rotatable bonds is 5. The highest BCUT2D eigenvalue weighted by atomic mass is 32.2. The smallest absolute Gasteiger partial charge is 0.310 e. The number of halogens is 1. The van der Waals surface area contributed by atoms with Gasteiger partial charge in [-0.1, -0.05) is 30.3 Å². The molecule has 2 aliphatic heterocycles. The predicted molar refractivity (Wildman–Crippen MR) is 141 cm³/mol. The van der Waals surface area contributed by atoms with Crippen LogP contribution in [0.4, 0.5) is 10.1 Å². The molecule has 2 heterocycles. The van der Waals surface area contributed by atoms with Crippen LogP contribution in [-0.4, -0.2) is 50.8 Å². The van der Waals surface area contributed by atoms with Crippen LogP contribution in [0.1, 0.15) is 46.0 Å². The number of fused-ring (bicyclic) bond motifs is 2. The topological polar surface area (TPSA) is 101 Å². The quantitative estimate of drug-likeness (QED) is 0.441. The Morgan fingerprint density at radius 2 is 1.77 bits per heavy atom. The van der Waals surface area contributed by atoms with Gasteiger partial charge in [0.1, 0.15) is 5.82 Å². The van der Waals surface area contributed by atoms with Gasteiger partial charge >= 0.3 is 5.97 Å². The molecule has 39 heavy (non-hydrogen) atoms. The number of anilines is 1. The Morgan fingerprint density at radius 1 is 1.03 bits per heavy atom. The first-order chi connectivity index (χ1) is 18.7. The van der Waals surface area contributed by atoms with Crippen LogP contribution < -0.4 is 4.90 Å². The molecule has 0 saturated carbocycles. The molecule has 3 aromatic carbocycles. The predicted octanol–water partition coefficient (Wildman–Crippen LogP) is 4.23. The van der Waals surface area contributed by atoms with Crippen molar-refractivity contribution in [1.82, 2.24) is 4.90 Å². The van der Waals surface area contributed by atoms with Crippen molar-refractivity contribution < 1.29 is 31.9 Å². The second-order valence-electron chi connectivity index (χ2n) is 9.51. The molecule has 1 saturated heterocycles. The molecular weight excluding hydrogens is 523 g/mol. The van der Waals surface area contributed by atoms with Gasteiger partial charge in [0, 0.05) is 24.2 Å². The van der Waals surface area contributed by atoms with Crippen LogP contribution in [-0.2, 0) is 25.9 Å². The Balaban J connectivity index is 1.59. The van der Waals surface area contributed by atoms with Crippen LogP contribution in [0.5, 0.6) is 0 Å². The van der Waals surface area contributed by atoms with E-state index in [4.69, 9.17) is 4.74 Å². The van der Waals surface area contributed by atoms with E-state index in [-0.39, 0.29) is 57.8 Å². The minimum absolute atomic E-state index is 0.00995. The molecule has 2 aliphatic rings. The lowest BCUT2D eigenvalue weighted by atomic mass is 9.97. The van der Waals surface area contributed by atoms with Crippen LogP contribution in [0.3, 0.4) is 0 Å². The SMILES string of the molecule is CCOC(=O)C1CCCN(C(=O)c2ccc3c(c2)N(Cc2ccccc2F)C(=O)c2ccccc2S3(=O)=O)C1. The Bertz CT molecular complexity index is 1570. The minimum atomic E-state index is -4.14. The van der Waals surface area contributed by atoms with Gasteiger partial charge < -0.3 is 14.5 Å². The van der Waals surface area contributed by atoms with Gasteiger partial charge in [-0.15, -0.1) is 0 Å². The normalized spacial score (nSPS) is 18.1. The van der Waals surface area contributed by atoms with Gasteiger partial charge in [0.2, 0.25) is 9.84 Å². The maximum absolute atomic E-state index is 14.6. The highest BCUT2D eigenvalue weighted by molar-refractivity contribution is 7.91. The number of carbonyl (C=O) groups is 3. The number of carbonyl (C=O) groups excluding carboxylic acids is 3. The Kier molecular flexibility index (Phi) is 7.22. The van der Waals surface area contributed by atoms with E-state index in [0.29, 0.717) is 19.4 Å². The van der Waals surface area contributed by atoms with E-state index in [0.717, 1.165) is 0 Å². The van der Waals surface area contributed by atoms with Gasteiger partial charge in [0.15, 0.2) is 0 Å². The van der Waals surface area contributed by atoms with E-state index in [9.17, 15) is 27.2 Å². The number of hydrogen-bond donors (Lipinski definition) is 0. The second kappa shape index (κ2) is 10.6. The molecule has 0 aliphatic carbocycles. The van der Waals surface area contributed by atoms with Gasteiger partial charge in [-0.05, 0) is 56.2 Å². The zero-order valence-corrected chi connectivity index (χ0v) is 22.1. The summed E-state index contributed by atoms with van der Waals surface area (Å²) in [5.41, 5.74) is 0.305. The minimum Gasteiger partial charge on any atom is -0.466 e. The molecule has 5 rings (SSSR count). The molecule has 8 nitrogen and oxygen atoms in total. The Morgan fingerprint density at radius 3 is 2.54 bits per heavy atom. The first-order valence-corrected chi connectivity index (χ1v) is 14.2. The summed E-state index contributed by atoms with van der Waals surface area (Å²) >= 11 is 0. The number of likely N-dealkylation sites (tertiary alicyclic amines) is 1. The average Bonchev–Trinajstić information content (AvgIpc) is 3.01. The van der Waals surface area contributed by atoms with Gasteiger partial charge in [-0.2, -0.15) is 0 Å². The number of esters is 1. The summed E-state index contributed by atoms with van der Waals surface area (Å²) in [6.07, 6.45) is 1.22. The monoisotopic (exact) mass is 550 g/mol. The molecule has 1 unspecified atom stereocenters. The van der Waals surface area contributed by atoms with Crippen LogP contribution in [0.15, 0.2) is 76.5 Å². The van der Waals surface area contributed by atoms with Crippen molar-refractivity contribution in [3.05, 3.63) is 89.2 Å². The number of amides is 2. The lowest BCUT2D eigenvalue weighted by Crippen LogP contribution is -2.43. The summed E-state index contributed by atoms with van der Waals surface area (Å²) < 4.78 is 47.2. The number of piperidine rings is 1. The molecule has 202 valence electrons. The van der Waals surface area contributed by atoms with E-state index in [1.54, 1.807) is 19.1 Å². The van der Waals surface area contributed by atoms with E-state index >= 15 is 0 Å². The maximum Gasteiger partial charge on any atom is 0.310 e. The van der Waals surface area contributed by atoms with Gasteiger partial charge in [-0.25, -0.2) is 12.8 Å². The standard InChI is InChI=1S/C29H27FN2O6S/c1-2-38-29(35)21-9-7-15-31(17-21)27(33)19-13-14-26-24(16-19)32(18-20-8-3-5-11-23(20)30)28(34)22-10-4-6-12-25(22)39(26,36)37/h3-6,8,10-14,16,21H,2,7,9,15,17-18H2,1H3. The maximum atomic E-state index is 14.6. The molecule has 10 heteroatoms. The summed E-state index contributed by atoms with van der Waals surface area (Å²) in [4.78, 5) is 42.0. The van der Waals surface area contributed by atoms with Crippen LogP contribution >= 0.6 is 0 Å². The fraction of sp³-hybridized carbons (Fsp3) is 0.276. The van der Waals surface area contributed by atoms with E-state index in [1.165, 1.54) is 64.4 Å². The first kappa shape index (κ1) is 26.6. The summed E-state index contributed by atoms with van der Waals surface area (Å²) in [5, 5.41) is 0. The van der Waals surface area contributed by atoms with Crippen molar-refractivity contribution in [1.29, 1.82) is 0 Å². The fourth-order valence-corrected chi connectivity index (χ4v) is 6.72. The molecule has 0 bridgehead atoms. The highest BCUT2D eigenvalue weighted by Crippen LogP contribution is 2.38. The first-order valence-electron chi connectivity index (χ1n) is 12.7. The van der Waals surface area contributed by atoms with Crippen molar-refractivity contribution in [3.63, 3.8) is 0 Å². The third-order valence-electron chi connectivity index (χ3n) is 7.05. The zero-order valence-electron chi connectivity index (χ0n) is 21.3. The summed E-state index contributed by atoms with van der Waals surface area (Å²) in [6.45, 7) is 2.33. The molecular formula is C29H27FN2O6S. The van der Waals surface area contributed by atoms with Crippen molar-refractivity contribution in [2.45, 2.75) is 36.1 Å². The summed E-state index contributed by atoms with van der Waals surface area (Å²) in [7, 11) is -4.14. The molecule has 2 amide bonds. The number of sulfone groups is 1.